The molecule has 0 aromatic carbocycles. The van der Waals surface area contributed by atoms with Crippen LogP contribution in [0.5, 0.6) is 0 Å². The van der Waals surface area contributed by atoms with Crippen LogP contribution in [0.3, 0.4) is 0 Å². The Kier molecular flexibility index (Phi) is 12.7. The van der Waals surface area contributed by atoms with Crippen molar-refractivity contribution in [2.24, 2.45) is 23.7 Å². The Hall–Kier alpha value is -0.830. The largest absolute Gasteiger partial charge is 0.468 e. The second kappa shape index (κ2) is 14.3. The van der Waals surface area contributed by atoms with Crippen molar-refractivity contribution in [3.8, 4) is 0 Å². The van der Waals surface area contributed by atoms with Crippen LogP contribution < -0.4 is 0 Å². The number of unbranched alkanes of at least 4 members (excludes halogenated alkanes) is 2. The van der Waals surface area contributed by atoms with E-state index < -0.39 is 0 Å². The van der Waals surface area contributed by atoms with Gasteiger partial charge >= 0.3 is 0 Å². The van der Waals surface area contributed by atoms with Crippen molar-refractivity contribution in [2.45, 2.75) is 90.9 Å². The Morgan fingerprint density at radius 3 is 1.92 bits per heavy atom. The summed E-state index contributed by atoms with van der Waals surface area (Å²) in [6.45, 7) is 8.87. The summed E-state index contributed by atoms with van der Waals surface area (Å²) in [6.07, 6.45) is 16.9. The first-order valence-electron chi connectivity index (χ1n) is 10.9. The third-order valence-electron chi connectivity index (χ3n) is 6.34. The molecule has 0 saturated heterocycles. The molecule has 0 bridgehead atoms. The summed E-state index contributed by atoms with van der Waals surface area (Å²) < 4.78 is 4.93. The SMILES string of the molecule is C=C(C)CO.CCCCCC1CCC(C2CCC(COC=O)CC2)CC1. The molecule has 0 unspecified atom stereocenters. The number of aliphatic hydroxyl groups excluding tert-OH is 1. The summed E-state index contributed by atoms with van der Waals surface area (Å²) in [6, 6.07) is 0. The van der Waals surface area contributed by atoms with Crippen molar-refractivity contribution in [2.75, 3.05) is 13.2 Å². The topological polar surface area (TPSA) is 46.5 Å². The molecule has 1 N–H and O–H groups in total. The van der Waals surface area contributed by atoms with Crippen LogP contribution in [0.15, 0.2) is 12.2 Å². The lowest BCUT2D eigenvalue weighted by atomic mass is 9.69. The molecule has 0 aromatic rings. The van der Waals surface area contributed by atoms with E-state index in [4.69, 9.17) is 9.84 Å². The summed E-state index contributed by atoms with van der Waals surface area (Å²) in [4.78, 5) is 10.3. The van der Waals surface area contributed by atoms with Crippen molar-refractivity contribution in [3.05, 3.63) is 12.2 Å². The predicted octanol–water partition coefficient (Wildman–Crippen LogP) is 5.91. The highest BCUT2D eigenvalue weighted by atomic mass is 16.5. The van der Waals surface area contributed by atoms with Gasteiger partial charge in [0.1, 0.15) is 0 Å². The molecule has 2 aliphatic carbocycles. The van der Waals surface area contributed by atoms with Gasteiger partial charge in [0.15, 0.2) is 0 Å². The zero-order valence-corrected chi connectivity index (χ0v) is 17.3. The molecule has 0 aromatic heterocycles. The summed E-state index contributed by atoms with van der Waals surface area (Å²) in [5.74, 6) is 3.64. The number of carbonyl (C=O) groups excluding carboxylic acids is 1. The van der Waals surface area contributed by atoms with E-state index in [1.807, 2.05) is 0 Å². The lowest BCUT2D eigenvalue weighted by Crippen LogP contribution is -2.27. The average Bonchev–Trinajstić information content (AvgIpc) is 2.68. The molecule has 0 heterocycles. The van der Waals surface area contributed by atoms with E-state index in [2.05, 4.69) is 13.5 Å². The molecular weight excluding hydrogens is 324 g/mol. The smallest absolute Gasteiger partial charge is 0.293 e. The zero-order valence-electron chi connectivity index (χ0n) is 17.3. The lowest BCUT2D eigenvalue weighted by molar-refractivity contribution is -0.130. The Balaban J connectivity index is 0.000000597. The third-order valence-corrected chi connectivity index (χ3v) is 6.34. The minimum Gasteiger partial charge on any atom is -0.468 e. The second-order valence-corrected chi connectivity index (χ2v) is 8.60. The molecule has 3 nitrogen and oxygen atoms in total. The minimum absolute atomic E-state index is 0.111. The first-order valence-corrected chi connectivity index (χ1v) is 10.9. The van der Waals surface area contributed by atoms with E-state index in [1.54, 1.807) is 6.92 Å². The number of aliphatic hydroxyl groups is 1. The monoisotopic (exact) mass is 366 g/mol. The lowest BCUT2D eigenvalue weighted by Gasteiger charge is -2.37. The van der Waals surface area contributed by atoms with E-state index in [9.17, 15) is 4.79 Å². The number of rotatable bonds is 9. The van der Waals surface area contributed by atoms with Gasteiger partial charge in [-0.1, -0.05) is 57.6 Å². The number of hydrogen-bond acceptors (Lipinski definition) is 3. The van der Waals surface area contributed by atoms with Crippen LogP contribution in [0.2, 0.25) is 0 Å². The van der Waals surface area contributed by atoms with Crippen LogP contribution in [-0.4, -0.2) is 24.8 Å². The molecule has 0 amide bonds. The van der Waals surface area contributed by atoms with Gasteiger partial charge in [-0.15, -0.1) is 0 Å². The van der Waals surface area contributed by atoms with Crippen LogP contribution in [-0.2, 0) is 9.53 Å². The highest BCUT2D eigenvalue weighted by molar-refractivity contribution is 5.36. The maximum absolute atomic E-state index is 10.3. The van der Waals surface area contributed by atoms with Gasteiger partial charge in [-0.25, -0.2) is 0 Å². The molecule has 2 saturated carbocycles. The molecule has 0 aliphatic heterocycles. The Morgan fingerprint density at radius 2 is 1.50 bits per heavy atom. The van der Waals surface area contributed by atoms with Gasteiger partial charge in [0, 0.05) is 0 Å². The molecule has 2 rings (SSSR count). The average molecular weight is 367 g/mol. The summed E-state index contributed by atoms with van der Waals surface area (Å²) in [5.41, 5.74) is 0.810. The predicted molar refractivity (Wildman–Crippen MR) is 109 cm³/mol. The molecule has 3 heteroatoms. The van der Waals surface area contributed by atoms with Crippen molar-refractivity contribution in [3.63, 3.8) is 0 Å². The van der Waals surface area contributed by atoms with Gasteiger partial charge in [0.25, 0.3) is 6.47 Å². The summed E-state index contributed by atoms with van der Waals surface area (Å²) in [7, 11) is 0. The Morgan fingerprint density at radius 1 is 1.00 bits per heavy atom. The van der Waals surface area contributed by atoms with E-state index >= 15 is 0 Å². The van der Waals surface area contributed by atoms with Gasteiger partial charge < -0.3 is 9.84 Å². The van der Waals surface area contributed by atoms with Gasteiger partial charge in [0.05, 0.1) is 13.2 Å². The fraction of sp³-hybridized carbons (Fsp3) is 0.870. The van der Waals surface area contributed by atoms with Crippen molar-refractivity contribution in [1.82, 2.24) is 0 Å². The quantitative estimate of drug-likeness (QED) is 0.313. The summed E-state index contributed by atoms with van der Waals surface area (Å²) >= 11 is 0. The van der Waals surface area contributed by atoms with Crippen molar-refractivity contribution < 1.29 is 14.6 Å². The van der Waals surface area contributed by atoms with Crippen LogP contribution in [0, 0.1) is 23.7 Å². The van der Waals surface area contributed by atoms with Gasteiger partial charge in [-0.3, -0.25) is 4.79 Å². The van der Waals surface area contributed by atoms with Crippen molar-refractivity contribution >= 4 is 6.47 Å². The number of carbonyl (C=O) groups is 1. The normalized spacial score (nSPS) is 28.6. The van der Waals surface area contributed by atoms with Crippen LogP contribution >= 0.6 is 0 Å². The van der Waals surface area contributed by atoms with Crippen LogP contribution in [0.4, 0.5) is 0 Å². The first-order chi connectivity index (χ1) is 12.6. The molecule has 0 radical (unpaired) electrons. The maximum Gasteiger partial charge on any atom is 0.293 e. The molecule has 0 atom stereocenters. The molecule has 26 heavy (non-hydrogen) atoms. The third kappa shape index (κ3) is 9.75. The first kappa shape index (κ1) is 23.2. The Labute approximate surface area is 161 Å². The fourth-order valence-electron chi connectivity index (χ4n) is 4.63. The van der Waals surface area contributed by atoms with E-state index in [1.165, 1.54) is 77.0 Å². The maximum atomic E-state index is 10.3. The molecule has 2 fully saturated rings. The summed E-state index contributed by atoms with van der Waals surface area (Å²) in [5, 5.41) is 8.04. The van der Waals surface area contributed by atoms with Gasteiger partial charge in [-0.2, -0.15) is 0 Å². The molecule has 2 aliphatic rings. The number of ether oxygens (including phenoxy) is 1. The standard InChI is InChI=1S/C19H34O2.C4H8O/c1-2-3-4-5-16-6-10-18(11-7-16)19-12-8-17(9-13-19)14-21-15-20;1-4(2)3-5/h15-19H,2-14H2,1H3;5H,1,3H2,2H3. The molecule has 0 spiro atoms. The highest BCUT2D eigenvalue weighted by Crippen LogP contribution is 2.42. The van der Waals surface area contributed by atoms with Crippen molar-refractivity contribution in [1.29, 1.82) is 0 Å². The van der Waals surface area contributed by atoms with E-state index in [-0.39, 0.29) is 6.61 Å². The number of hydrogen-bond donors (Lipinski definition) is 1. The minimum atomic E-state index is 0.111. The molecule has 152 valence electrons. The van der Waals surface area contributed by atoms with E-state index in [0.717, 1.165) is 23.3 Å². The van der Waals surface area contributed by atoms with Crippen LogP contribution in [0.1, 0.15) is 90.9 Å². The van der Waals surface area contributed by atoms with Gasteiger partial charge in [-0.05, 0) is 69.1 Å². The molecular formula is C23H42O3. The Bertz CT molecular complexity index is 364. The van der Waals surface area contributed by atoms with E-state index in [0.29, 0.717) is 19.0 Å². The zero-order chi connectivity index (χ0) is 19.2. The highest BCUT2D eigenvalue weighted by Gasteiger charge is 2.30. The second-order valence-electron chi connectivity index (χ2n) is 8.60. The van der Waals surface area contributed by atoms with Gasteiger partial charge in [0.2, 0.25) is 0 Å². The fourth-order valence-corrected chi connectivity index (χ4v) is 4.63. The van der Waals surface area contributed by atoms with Crippen LogP contribution in [0.25, 0.3) is 0 Å².